The molecule has 1 atom stereocenters. The first-order valence-corrected chi connectivity index (χ1v) is 13.7. The van der Waals surface area contributed by atoms with Crippen LogP contribution < -0.4 is 9.62 Å². The van der Waals surface area contributed by atoms with Crippen LogP contribution in [0.2, 0.25) is 15.1 Å². The Morgan fingerprint density at radius 2 is 1.62 bits per heavy atom. The summed E-state index contributed by atoms with van der Waals surface area (Å²) in [5, 5.41) is 3.09. The Morgan fingerprint density at radius 1 is 1.00 bits per heavy atom. The number of carbonyl (C=O) groups excluding carboxylic acids is 2. The first kappa shape index (κ1) is 28.2. The molecule has 7 nitrogen and oxygen atoms in total. The summed E-state index contributed by atoms with van der Waals surface area (Å²) in [5.41, 5.74) is 0.825. The molecular weight excluding hydrogens is 521 g/mol. The van der Waals surface area contributed by atoms with Crippen molar-refractivity contribution in [2.24, 2.45) is 0 Å². The van der Waals surface area contributed by atoms with Gasteiger partial charge in [0.1, 0.15) is 12.6 Å². The summed E-state index contributed by atoms with van der Waals surface area (Å²) in [6.45, 7) is 3.76. The Hall–Kier alpha value is -2.00. The number of rotatable bonds is 11. The SMILES string of the molecule is CCCNC(=O)[C@H](CC)N(Cc1ccccc1)C(=O)CN(c1cc(Cl)c(Cl)cc1Cl)S(C)(=O)=O. The number of hydrogen-bond acceptors (Lipinski definition) is 4. The molecule has 0 aromatic heterocycles. The van der Waals surface area contributed by atoms with Gasteiger partial charge < -0.3 is 10.2 Å². The molecule has 0 saturated carbocycles. The molecule has 2 amide bonds. The quantitative estimate of drug-likeness (QED) is 0.411. The van der Waals surface area contributed by atoms with E-state index in [1.165, 1.54) is 17.0 Å². The van der Waals surface area contributed by atoms with Gasteiger partial charge >= 0.3 is 0 Å². The number of carbonyl (C=O) groups is 2. The van der Waals surface area contributed by atoms with Crippen LogP contribution in [0, 0.1) is 0 Å². The predicted octanol–water partition coefficient (Wildman–Crippen LogP) is 4.75. The molecule has 0 fully saturated rings. The molecule has 0 radical (unpaired) electrons. The highest BCUT2D eigenvalue weighted by Crippen LogP contribution is 2.35. The number of hydrogen-bond donors (Lipinski definition) is 1. The first-order chi connectivity index (χ1) is 16.0. The molecule has 2 aromatic rings. The Bertz CT molecular complexity index is 1110. The number of halogens is 3. The molecule has 34 heavy (non-hydrogen) atoms. The van der Waals surface area contributed by atoms with Crippen LogP contribution in [-0.2, 0) is 26.2 Å². The minimum atomic E-state index is -3.94. The van der Waals surface area contributed by atoms with E-state index in [4.69, 9.17) is 34.8 Å². The van der Waals surface area contributed by atoms with Crippen LogP contribution in [0.5, 0.6) is 0 Å². The van der Waals surface area contributed by atoms with Crippen LogP contribution in [0.15, 0.2) is 42.5 Å². The number of nitrogens with one attached hydrogen (secondary N) is 1. The highest BCUT2D eigenvalue weighted by molar-refractivity contribution is 7.92. The van der Waals surface area contributed by atoms with Crippen LogP contribution in [0.3, 0.4) is 0 Å². The van der Waals surface area contributed by atoms with Gasteiger partial charge in [0.2, 0.25) is 21.8 Å². The summed E-state index contributed by atoms with van der Waals surface area (Å²) in [6.07, 6.45) is 2.05. The van der Waals surface area contributed by atoms with Gasteiger partial charge in [-0.2, -0.15) is 0 Å². The van der Waals surface area contributed by atoms with Crippen molar-refractivity contribution in [2.75, 3.05) is 23.7 Å². The summed E-state index contributed by atoms with van der Waals surface area (Å²) in [4.78, 5) is 27.8. The lowest BCUT2D eigenvalue weighted by atomic mass is 10.1. The molecule has 0 aliphatic carbocycles. The predicted molar refractivity (Wildman–Crippen MR) is 138 cm³/mol. The van der Waals surface area contributed by atoms with E-state index < -0.39 is 28.5 Å². The van der Waals surface area contributed by atoms with Crippen molar-refractivity contribution >= 4 is 62.3 Å². The molecule has 2 aromatic carbocycles. The number of benzene rings is 2. The average molecular weight is 549 g/mol. The zero-order chi connectivity index (χ0) is 25.5. The van der Waals surface area contributed by atoms with Crippen LogP contribution in [0.4, 0.5) is 5.69 Å². The number of amides is 2. The molecule has 0 unspecified atom stereocenters. The highest BCUT2D eigenvalue weighted by Gasteiger charge is 2.32. The molecule has 1 N–H and O–H groups in total. The van der Waals surface area contributed by atoms with Crippen molar-refractivity contribution in [3.8, 4) is 0 Å². The lowest BCUT2D eigenvalue weighted by molar-refractivity contribution is -0.140. The van der Waals surface area contributed by atoms with Crippen molar-refractivity contribution in [3.05, 3.63) is 63.1 Å². The Labute approximate surface area is 216 Å². The standard InChI is InChI=1S/C23H28Cl3N3O4S/c1-4-11-27-23(31)20(5-2)28(14-16-9-7-6-8-10-16)22(30)15-29(34(3,32)33)21-13-18(25)17(24)12-19(21)26/h6-10,12-13,20H,4-5,11,14-15H2,1-3H3,(H,27,31)/t20-/m0/s1. The van der Waals surface area contributed by atoms with Gasteiger partial charge in [-0.15, -0.1) is 0 Å². The third-order valence-corrected chi connectivity index (χ3v) is 7.22. The van der Waals surface area contributed by atoms with Gasteiger partial charge in [-0.1, -0.05) is 79.0 Å². The van der Waals surface area contributed by atoms with E-state index in [2.05, 4.69) is 5.32 Å². The Balaban J connectivity index is 2.46. The molecule has 0 aliphatic heterocycles. The second-order valence-corrected chi connectivity index (χ2v) is 10.8. The maximum absolute atomic E-state index is 13.6. The van der Waals surface area contributed by atoms with Gasteiger partial charge in [-0.3, -0.25) is 13.9 Å². The van der Waals surface area contributed by atoms with Crippen molar-refractivity contribution in [1.82, 2.24) is 10.2 Å². The van der Waals surface area contributed by atoms with E-state index in [1.54, 1.807) is 6.92 Å². The molecule has 0 heterocycles. The molecule has 11 heteroatoms. The second-order valence-electron chi connectivity index (χ2n) is 7.71. The Kier molecular flexibility index (Phi) is 10.5. The van der Waals surface area contributed by atoms with Crippen LogP contribution in [0.25, 0.3) is 0 Å². The van der Waals surface area contributed by atoms with Crippen LogP contribution in [0.1, 0.15) is 32.3 Å². The summed E-state index contributed by atoms with van der Waals surface area (Å²) in [5.74, 6) is -0.859. The van der Waals surface area contributed by atoms with Gasteiger partial charge in [0, 0.05) is 13.1 Å². The largest absolute Gasteiger partial charge is 0.354 e. The Morgan fingerprint density at radius 3 is 2.18 bits per heavy atom. The minimum Gasteiger partial charge on any atom is -0.354 e. The maximum Gasteiger partial charge on any atom is 0.244 e. The fourth-order valence-electron chi connectivity index (χ4n) is 3.36. The summed E-state index contributed by atoms with van der Waals surface area (Å²) in [7, 11) is -3.94. The topological polar surface area (TPSA) is 86.8 Å². The van der Waals surface area contributed by atoms with E-state index >= 15 is 0 Å². The van der Waals surface area contributed by atoms with Crippen LogP contribution in [-0.4, -0.2) is 50.5 Å². The zero-order valence-electron chi connectivity index (χ0n) is 19.2. The summed E-state index contributed by atoms with van der Waals surface area (Å²) < 4.78 is 26.2. The molecule has 0 spiro atoms. The minimum absolute atomic E-state index is 0.0231. The lowest BCUT2D eigenvalue weighted by Gasteiger charge is -2.33. The van der Waals surface area contributed by atoms with E-state index in [1.807, 2.05) is 37.3 Å². The fraction of sp³-hybridized carbons (Fsp3) is 0.391. The number of nitrogens with zero attached hydrogens (tertiary/aromatic N) is 2. The normalized spacial score (nSPS) is 12.2. The fourth-order valence-corrected chi connectivity index (χ4v) is 4.91. The van der Waals surface area contributed by atoms with Gasteiger partial charge in [0.05, 0.1) is 27.0 Å². The van der Waals surface area contributed by atoms with Crippen molar-refractivity contribution in [1.29, 1.82) is 0 Å². The zero-order valence-corrected chi connectivity index (χ0v) is 22.3. The van der Waals surface area contributed by atoms with Gasteiger partial charge in [0.15, 0.2) is 0 Å². The van der Waals surface area contributed by atoms with Crippen LogP contribution >= 0.6 is 34.8 Å². The summed E-state index contributed by atoms with van der Waals surface area (Å²) >= 11 is 18.3. The molecular formula is C23H28Cl3N3O4S. The molecule has 0 saturated heterocycles. The van der Waals surface area contributed by atoms with Crippen molar-refractivity contribution in [3.63, 3.8) is 0 Å². The summed E-state index contributed by atoms with van der Waals surface area (Å²) in [6, 6.07) is 11.0. The van der Waals surface area contributed by atoms with Crippen molar-refractivity contribution < 1.29 is 18.0 Å². The van der Waals surface area contributed by atoms with Gasteiger partial charge in [0.25, 0.3) is 0 Å². The number of anilines is 1. The van der Waals surface area contributed by atoms with E-state index in [0.29, 0.717) is 13.0 Å². The first-order valence-electron chi connectivity index (χ1n) is 10.7. The molecule has 186 valence electrons. The van der Waals surface area contributed by atoms with Crippen molar-refractivity contribution in [2.45, 2.75) is 39.3 Å². The molecule has 0 bridgehead atoms. The highest BCUT2D eigenvalue weighted by atomic mass is 35.5. The molecule has 0 aliphatic rings. The maximum atomic E-state index is 13.6. The van der Waals surface area contributed by atoms with E-state index in [9.17, 15) is 18.0 Å². The lowest BCUT2D eigenvalue weighted by Crippen LogP contribution is -2.52. The second kappa shape index (κ2) is 12.6. The smallest absolute Gasteiger partial charge is 0.244 e. The number of sulfonamides is 1. The molecule has 2 rings (SSSR count). The third kappa shape index (κ3) is 7.50. The van der Waals surface area contributed by atoms with E-state index in [0.717, 1.165) is 22.5 Å². The van der Waals surface area contributed by atoms with Gasteiger partial charge in [-0.05, 0) is 30.5 Å². The monoisotopic (exact) mass is 547 g/mol. The average Bonchev–Trinajstić information content (AvgIpc) is 2.78. The van der Waals surface area contributed by atoms with E-state index in [-0.39, 0.29) is 33.2 Å². The van der Waals surface area contributed by atoms with Gasteiger partial charge in [-0.25, -0.2) is 8.42 Å². The third-order valence-electron chi connectivity index (χ3n) is 5.07.